The van der Waals surface area contributed by atoms with Crippen molar-refractivity contribution in [1.29, 1.82) is 0 Å². The molecule has 0 radical (unpaired) electrons. The predicted molar refractivity (Wildman–Crippen MR) is 98.9 cm³/mol. The number of pyridine rings is 1. The van der Waals surface area contributed by atoms with Gasteiger partial charge < -0.3 is 10.2 Å². The van der Waals surface area contributed by atoms with E-state index in [4.69, 9.17) is 11.6 Å². The van der Waals surface area contributed by atoms with Crippen LogP contribution in [0.2, 0.25) is 5.02 Å². The number of aromatic nitrogens is 1. The van der Waals surface area contributed by atoms with Crippen molar-refractivity contribution in [2.24, 2.45) is 5.92 Å². The van der Waals surface area contributed by atoms with Crippen molar-refractivity contribution in [1.82, 2.24) is 9.88 Å². The molecule has 3 heterocycles. The van der Waals surface area contributed by atoms with Gasteiger partial charge in [0.05, 0.1) is 22.1 Å². The summed E-state index contributed by atoms with van der Waals surface area (Å²) in [5.74, 6) is 1.05. The number of nitrogens with zero attached hydrogens (tertiary/aromatic N) is 2. The number of carbonyl (C=O) groups excluding carboxylic acids is 1. The number of sulfone groups is 1. The molecule has 1 unspecified atom stereocenters. The zero-order valence-corrected chi connectivity index (χ0v) is 15.8. The van der Waals surface area contributed by atoms with Crippen LogP contribution in [0, 0.1) is 5.92 Å². The Morgan fingerprint density at radius 2 is 2.04 bits per heavy atom. The smallest absolute Gasteiger partial charge is 0.255 e. The molecule has 6 nitrogen and oxygen atoms in total. The molecule has 25 heavy (non-hydrogen) atoms. The van der Waals surface area contributed by atoms with Gasteiger partial charge in [0.15, 0.2) is 9.84 Å². The molecule has 1 aromatic rings. The summed E-state index contributed by atoms with van der Waals surface area (Å²) in [7, 11) is -2.92. The molecule has 8 heteroatoms. The molecule has 2 aliphatic heterocycles. The molecule has 0 spiro atoms. The zero-order valence-electron chi connectivity index (χ0n) is 14.2. The molecule has 1 atom stereocenters. The Morgan fingerprint density at radius 1 is 1.28 bits per heavy atom. The van der Waals surface area contributed by atoms with E-state index in [2.05, 4.69) is 10.3 Å². The van der Waals surface area contributed by atoms with Crippen molar-refractivity contribution < 1.29 is 13.2 Å². The summed E-state index contributed by atoms with van der Waals surface area (Å²) in [6.45, 7) is 2.09. The number of piperidine rings is 1. The van der Waals surface area contributed by atoms with E-state index in [-0.39, 0.29) is 23.3 Å². The van der Waals surface area contributed by atoms with E-state index in [1.54, 1.807) is 12.3 Å². The first-order valence-electron chi connectivity index (χ1n) is 8.84. The molecule has 1 N–H and O–H groups in total. The number of hydrogen-bond donors (Lipinski definition) is 1. The molecule has 0 bridgehead atoms. The summed E-state index contributed by atoms with van der Waals surface area (Å²) in [5, 5.41) is 3.52. The molecule has 138 valence electrons. The van der Waals surface area contributed by atoms with E-state index in [1.165, 1.54) is 6.42 Å². The van der Waals surface area contributed by atoms with Crippen LogP contribution in [-0.2, 0) is 9.84 Å². The van der Waals surface area contributed by atoms with Crippen LogP contribution in [0.1, 0.15) is 42.5 Å². The third kappa shape index (κ3) is 4.85. The van der Waals surface area contributed by atoms with Crippen LogP contribution in [0.15, 0.2) is 12.3 Å². The molecule has 1 aromatic heterocycles. The third-order valence-corrected chi connectivity index (χ3v) is 7.03. The molecule has 2 aliphatic rings. The van der Waals surface area contributed by atoms with Crippen molar-refractivity contribution >= 4 is 33.2 Å². The second-order valence-electron chi connectivity index (χ2n) is 6.91. The highest BCUT2D eigenvalue weighted by Gasteiger charge is 2.25. The number of anilines is 1. The normalized spacial score (nSPS) is 23.2. The number of carbonyl (C=O) groups is 1. The van der Waals surface area contributed by atoms with E-state index in [0.29, 0.717) is 29.4 Å². The van der Waals surface area contributed by atoms with Crippen molar-refractivity contribution in [3.63, 3.8) is 0 Å². The fourth-order valence-electron chi connectivity index (χ4n) is 3.48. The van der Waals surface area contributed by atoms with E-state index in [1.807, 2.05) is 4.90 Å². The van der Waals surface area contributed by atoms with Crippen LogP contribution >= 0.6 is 11.6 Å². The Labute approximate surface area is 153 Å². The number of hydrogen-bond acceptors (Lipinski definition) is 5. The predicted octanol–water partition coefficient (Wildman–Crippen LogP) is 2.60. The van der Waals surface area contributed by atoms with Crippen LogP contribution in [-0.4, -0.2) is 55.3 Å². The maximum Gasteiger partial charge on any atom is 0.255 e. The van der Waals surface area contributed by atoms with Gasteiger partial charge in [-0.05, 0) is 44.1 Å². The summed E-state index contributed by atoms with van der Waals surface area (Å²) < 4.78 is 23.4. The van der Waals surface area contributed by atoms with Gasteiger partial charge in [-0.15, -0.1) is 0 Å². The highest BCUT2D eigenvalue weighted by molar-refractivity contribution is 7.91. The Bertz CT molecular complexity index is 733. The number of amides is 1. The maximum absolute atomic E-state index is 12.5. The molecule has 2 saturated heterocycles. The number of likely N-dealkylation sites (tertiary alicyclic amines) is 1. The molecule has 1 amide bonds. The van der Waals surface area contributed by atoms with Crippen LogP contribution in [0.4, 0.5) is 5.82 Å². The van der Waals surface area contributed by atoms with Gasteiger partial charge in [-0.2, -0.15) is 0 Å². The second kappa shape index (κ2) is 7.91. The molecule has 0 aromatic carbocycles. The fraction of sp³-hybridized carbons (Fsp3) is 0.647. The lowest BCUT2D eigenvalue weighted by molar-refractivity contribution is 0.0724. The number of halogens is 1. The van der Waals surface area contributed by atoms with Crippen LogP contribution in [0.25, 0.3) is 0 Å². The number of rotatable bonds is 4. The molecular formula is C17H24ClN3O3S. The van der Waals surface area contributed by atoms with Crippen molar-refractivity contribution in [2.75, 3.05) is 36.5 Å². The standard InChI is InChI=1S/C17H24ClN3O3S/c18-15-9-14(17(22)21-6-2-1-3-7-21)11-20-16(15)19-10-13-5-4-8-25(23,24)12-13/h9,11,13H,1-8,10,12H2,(H,19,20). The minimum Gasteiger partial charge on any atom is -0.369 e. The van der Waals surface area contributed by atoms with E-state index >= 15 is 0 Å². The fourth-order valence-corrected chi connectivity index (χ4v) is 5.49. The first kappa shape index (κ1) is 18.5. The topological polar surface area (TPSA) is 79.4 Å². The second-order valence-corrected chi connectivity index (χ2v) is 9.55. The van der Waals surface area contributed by atoms with Gasteiger partial charge in [-0.25, -0.2) is 13.4 Å². The van der Waals surface area contributed by atoms with Crippen molar-refractivity contribution in [3.05, 3.63) is 22.8 Å². The van der Waals surface area contributed by atoms with Gasteiger partial charge in [0, 0.05) is 25.8 Å². The van der Waals surface area contributed by atoms with Gasteiger partial charge in [-0.1, -0.05) is 11.6 Å². The van der Waals surface area contributed by atoms with Gasteiger partial charge in [0.25, 0.3) is 5.91 Å². The minimum atomic E-state index is -2.92. The molecule has 2 fully saturated rings. The SMILES string of the molecule is O=C(c1cnc(NCC2CCCS(=O)(=O)C2)c(Cl)c1)N1CCCCC1. The Kier molecular flexibility index (Phi) is 5.84. The largest absolute Gasteiger partial charge is 0.369 e. The third-order valence-electron chi connectivity index (χ3n) is 4.85. The van der Waals surface area contributed by atoms with Gasteiger partial charge in [0.1, 0.15) is 5.82 Å². The lowest BCUT2D eigenvalue weighted by Crippen LogP contribution is -2.35. The van der Waals surface area contributed by atoms with E-state index in [9.17, 15) is 13.2 Å². The van der Waals surface area contributed by atoms with Crippen LogP contribution in [0.5, 0.6) is 0 Å². The Hall–Kier alpha value is -1.34. The summed E-state index contributed by atoms with van der Waals surface area (Å²) in [6.07, 6.45) is 6.38. The van der Waals surface area contributed by atoms with Crippen LogP contribution < -0.4 is 5.32 Å². The summed E-state index contributed by atoms with van der Waals surface area (Å²) in [4.78, 5) is 18.6. The van der Waals surface area contributed by atoms with Gasteiger partial charge in [0.2, 0.25) is 0 Å². The summed E-state index contributed by atoms with van der Waals surface area (Å²) in [5.41, 5.74) is 0.498. The average molecular weight is 386 g/mol. The molecular weight excluding hydrogens is 362 g/mol. The first-order chi connectivity index (χ1) is 11.9. The Balaban J connectivity index is 1.61. The van der Waals surface area contributed by atoms with Crippen molar-refractivity contribution in [2.45, 2.75) is 32.1 Å². The van der Waals surface area contributed by atoms with Crippen molar-refractivity contribution in [3.8, 4) is 0 Å². The highest BCUT2D eigenvalue weighted by Crippen LogP contribution is 2.24. The van der Waals surface area contributed by atoms with Gasteiger partial charge in [-0.3, -0.25) is 4.79 Å². The first-order valence-corrected chi connectivity index (χ1v) is 11.0. The molecule has 0 aliphatic carbocycles. The Morgan fingerprint density at radius 3 is 2.72 bits per heavy atom. The number of nitrogens with one attached hydrogen (secondary N) is 1. The maximum atomic E-state index is 12.5. The minimum absolute atomic E-state index is 0.0287. The van der Waals surface area contributed by atoms with E-state index in [0.717, 1.165) is 32.4 Å². The lowest BCUT2D eigenvalue weighted by Gasteiger charge is -2.26. The average Bonchev–Trinajstić information content (AvgIpc) is 2.60. The molecule has 0 saturated carbocycles. The zero-order chi connectivity index (χ0) is 17.9. The lowest BCUT2D eigenvalue weighted by atomic mass is 10.1. The monoisotopic (exact) mass is 385 g/mol. The summed E-state index contributed by atoms with van der Waals surface area (Å²) >= 11 is 6.27. The van der Waals surface area contributed by atoms with Gasteiger partial charge >= 0.3 is 0 Å². The van der Waals surface area contributed by atoms with E-state index < -0.39 is 9.84 Å². The molecule has 3 rings (SSSR count). The quantitative estimate of drug-likeness (QED) is 0.861. The summed E-state index contributed by atoms with van der Waals surface area (Å²) in [6, 6.07) is 1.64. The van der Waals surface area contributed by atoms with Crippen LogP contribution in [0.3, 0.4) is 0 Å². The highest BCUT2D eigenvalue weighted by atomic mass is 35.5.